The number of carbonyl (C=O) groups excluding carboxylic acids is 1. The summed E-state index contributed by atoms with van der Waals surface area (Å²) in [6, 6.07) is 5.65. The van der Waals surface area contributed by atoms with Gasteiger partial charge >= 0.3 is 5.69 Å². The summed E-state index contributed by atoms with van der Waals surface area (Å²) in [6.45, 7) is 2.75. The van der Waals surface area contributed by atoms with E-state index in [1.807, 2.05) is 23.2 Å². The van der Waals surface area contributed by atoms with Crippen LogP contribution in [0.5, 0.6) is 5.75 Å². The minimum atomic E-state index is -0.780. The number of fused-ring (bicyclic) bond motifs is 1. The monoisotopic (exact) mass is 358 g/mol. The summed E-state index contributed by atoms with van der Waals surface area (Å²) in [4.78, 5) is 39.7. The molecule has 0 unspecified atom stereocenters. The Labute approximate surface area is 149 Å². The number of rotatable bonds is 6. The molecule has 1 atom stereocenters. The van der Waals surface area contributed by atoms with Crippen LogP contribution in [-0.2, 0) is 6.42 Å². The lowest BCUT2D eigenvalue weighted by atomic mass is 10.1. The number of benzene rings is 1. The number of aryl methyl sites for hydroxylation is 1. The lowest BCUT2D eigenvalue weighted by Gasteiger charge is -2.16. The molecular weight excluding hydrogens is 336 g/mol. The first-order chi connectivity index (χ1) is 12.5. The van der Waals surface area contributed by atoms with Gasteiger partial charge in [0.15, 0.2) is 0 Å². The van der Waals surface area contributed by atoms with Gasteiger partial charge in [-0.2, -0.15) is 0 Å². The first-order valence-electron chi connectivity index (χ1n) is 8.68. The fourth-order valence-electron chi connectivity index (χ4n) is 3.06. The average molecular weight is 358 g/mol. The number of amides is 1. The third-order valence-corrected chi connectivity index (χ3v) is 4.47. The molecule has 0 saturated carbocycles. The third-order valence-electron chi connectivity index (χ3n) is 4.47. The molecule has 8 nitrogen and oxygen atoms in total. The van der Waals surface area contributed by atoms with Gasteiger partial charge < -0.3 is 20.8 Å². The second kappa shape index (κ2) is 7.47. The number of hydrogen-bond donors (Lipinski definition) is 4. The van der Waals surface area contributed by atoms with Crippen molar-refractivity contribution >= 4 is 11.6 Å². The van der Waals surface area contributed by atoms with Crippen molar-refractivity contribution in [2.75, 3.05) is 12.3 Å². The molecule has 8 heteroatoms. The fourth-order valence-corrected chi connectivity index (χ4v) is 3.06. The molecule has 0 saturated heterocycles. The number of anilines is 1. The topological polar surface area (TPSA) is 130 Å². The third kappa shape index (κ3) is 3.63. The highest BCUT2D eigenvalue weighted by atomic mass is 16.5. The van der Waals surface area contributed by atoms with E-state index in [0.717, 1.165) is 42.6 Å². The van der Waals surface area contributed by atoms with E-state index in [9.17, 15) is 14.4 Å². The largest absolute Gasteiger partial charge is 0.494 e. The number of nitrogens with one attached hydrogen (secondary N) is 3. The Hall–Kier alpha value is -3.03. The van der Waals surface area contributed by atoms with E-state index >= 15 is 0 Å². The molecule has 0 aliphatic heterocycles. The summed E-state index contributed by atoms with van der Waals surface area (Å²) < 4.78 is 5.73. The number of aromatic nitrogens is 2. The molecule has 26 heavy (non-hydrogen) atoms. The van der Waals surface area contributed by atoms with Crippen LogP contribution in [0.25, 0.3) is 0 Å². The van der Waals surface area contributed by atoms with Crippen LogP contribution in [0, 0.1) is 0 Å². The molecule has 5 N–H and O–H groups in total. The first kappa shape index (κ1) is 17.8. The van der Waals surface area contributed by atoms with Crippen LogP contribution >= 0.6 is 0 Å². The summed E-state index contributed by atoms with van der Waals surface area (Å²) in [6.07, 6.45) is 3.59. The van der Waals surface area contributed by atoms with Crippen LogP contribution in [0.4, 0.5) is 5.69 Å². The number of nitrogen functional groups attached to an aromatic ring is 1. The first-order valence-corrected chi connectivity index (χ1v) is 8.68. The summed E-state index contributed by atoms with van der Waals surface area (Å²) in [7, 11) is 0. The van der Waals surface area contributed by atoms with Gasteiger partial charge in [0.25, 0.3) is 11.5 Å². The van der Waals surface area contributed by atoms with E-state index in [1.54, 1.807) is 0 Å². The number of carbonyl (C=O) groups is 1. The van der Waals surface area contributed by atoms with E-state index in [-0.39, 0.29) is 17.4 Å². The molecular formula is C18H22N4O4. The number of ether oxygens (including phenoxy) is 1. The van der Waals surface area contributed by atoms with Crippen molar-refractivity contribution in [2.45, 2.75) is 38.6 Å². The van der Waals surface area contributed by atoms with Gasteiger partial charge in [0, 0.05) is 0 Å². The van der Waals surface area contributed by atoms with Gasteiger partial charge in [0.2, 0.25) is 0 Å². The highest BCUT2D eigenvalue weighted by molar-refractivity contribution is 5.97. The molecule has 1 amide bonds. The second-order valence-corrected chi connectivity index (χ2v) is 6.32. The van der Waals surface area contributed by atoms with Crippen molar-refractivity contribution in [3.05, 3.63) is 55.9 Å². The van der Waals surface area contributed by atoms with Gasteiger partial charge in [0.05, 0.1) is 12.6 Å². The van der Waals surface area contributed by atoms with Crippen LogP contribution in [0.15, 0.2) is 27.8 Å². The molecule has 138 valence electrons. The molecule has 3 rings (SSSR count). The maximum Gasteiger partial charge on any atom is 0.326 e. The number of aromatic amines is 2. The van der Waals surface area contributed by atoms with Crippen LogP contribution < -0.4 is 27.0 Å². The van der Waals surface area contributed by atoms with Crippen LogP contribution in [-0.4, -0.2) is 22.5 Å². The van der Waals surface area contributed by atoms with Crippen molar-refractivity contribution in [3.63, 3.8) is 0 Å². The summed E-state index contributed by atoms with van der Waals surface area (Å²) in [5.74, 6) is 0.184. The maximum atomic E-state index is 12.5. The zero-order chi connectivity index (χ0) is 18.7. The van der Waals surface area contributed by atoms with Crippen molar-refractivity contribution in [1.82, 2.24) is 15.3 Å². The summed E-state index contributed by atoms with van der Waals surface area (Å²) in [5, 5.41) is 2.84. The van der Waals surface area contributed by atoms with Crippen molar-refractivity contribution in [3.8, 4) is 5.75 Å². The highest BCUT2D eigenvalue weighted by Gasteiger charge is 2.26. The molecule has 1 aliphatic rings. The highest BCUT2D eigenvalue weighted by Crippen LogP contribution is 2.34. The predicted molar refractivity (Wildman–Crippen MR) is 97.5 cm³/mol. The zero-order valence-electron chi connectivity index (χ0n) is 14.6. The molecule has 1 aromatic heterocycles. The predicted octanol–water partition coefficient (Wildman–Crippen LogP) is 1.24. The van der Waals surface area contributed by atoms with Crippen molar-refractivity contribution in [1.29, 1.82) is 0 Å². The van der Waals surface area contributed by atoms with E-state index in [0.29, 0.717) is 6.61 Å². The molecule has 0 spiro atoms. The van der Waals surface area contributed by atoms with E-state index < -0.39 is 17.2 Å². The van der Waals surface area contributed by atoms with Crippen LogP contribution in [0.3, 0.4) is 0 Å². The molecule has 0 radical (unpaired) electrons. The summed E-state index contributed by atoms with van der Waals surface area (Å²) in [5.41, 5.74) is 5.67. The van der Waals surface area contributed by atoms with Crippen LogP contribution in [0.2, 0.25) is 0 Å². The average Bonchev–Trinajstić information content (AvgIpc) is 3.00. The normalized spacial score (nSPS) is 15.5. The number of nitrogens with two attached hydrogens (primary N) is 1. The maximum absolute atomic E-state index is 12.5. The van der Waals surface area contributed by atoms with Gasteiger partial charge in [-0.3, -0.25) is 14.6 Å². The van der Waals surface area contributed by atoms with Crippen LogP contribution in [0.1, 0.15) is 53.8 Å². The molecule has 0 fully saturated rings. The SMILES string of the molecule is CCCCOc1ccc2c(c1)[C@H](NC(=O)c1[nH]c(=O)[nH]c(=O)c1N)CC2. The standard InChI is InChI=1S/C18H22N4O4/c1-2-3-8-26-11-6-4-10-5-7-13(12(10)9-11)20-17(24)15-14(19)16(23)22-18(25)21-15/h4,6,9,13H,2-3,5,7-8,19H2,1H3,(H,20,24)(H2,21,22,23,25)/t13-/m1/s1. The Bertz CT molecular complexity index is 932. The minimum Gasteiger partial charge on any atom is -0.494 e. The van der Waals surface area contributed by atoms with Gasteiger partial charge in [-0.25, -0.2) is 4.79 Å². The van der Waals surface area contributed by atoms with E-state index in [1.165, 1.54) is 0 Å². The lowest BCUT2D eigenvalue weighted by molar-refractivity contribution is 0.0932. The Morgan fingerprint density at radius 2 is 2.15 bits per heavy atom. The second-order valence-electron chi connectivity index (χ2n) is 6.32. The fraction of sp³-hybridized carbons (Fsp3) is 0.389. The molecule has 2 aromatic rings. The number of H-pyrrole nitrogens is 2. The van der Waals surface area contributed by atoms with Gasteiger partial charge in [0.1, 0.15) is 17.1 Å². The molecule has 0 bridgehead atoms. The quantitative estimate of drug-likeness (QED) is 0.577. The van der Waals surface area contributed by atoms with Gasteiger partial charge in [-0.15, -0.1) is 0 Å². The van der Waals surface area contributed by atoms with Crippen molar-refractivity contribution < 1.29 is 9.53 Å². The smallest absolute Gasteiger partial charge is 0.326 e. The van der Waals surface area contributed by atoms with Gasteiger partial charge in [-0.05, 0) is 42.5 Å². The Morgan fingerprint density at radius 1 is 1.35 bits per heavy atom. The lowest BCUT2D eigenvalue weighted by Crippen LogP contribution is -2.34. The number of unbranched alkanes of at least 4 members (excludes halogenated alkanes) is 1. The molecule has 1 aromatic carbocycles. The zero-order valence-corrected chi connectivity index (χ0v) is 14.6. The summed E-state index contributed by atoms with van der Waals surface area (Å²) >= 11 is 0. The Balaban J connectivity index is 1.79. The minimum absolute atomic E-state index is 0.220. The molecule has 1 aliphatic carbocycles. The van der Waals surface area contributed by atoms with E-state index in [2.05, 4.69) is 17.2 Å². The van der Waals surface area contributed by atoms with Gasteiger partial charge in [-0.1, -0.05) is 19.4 Å². The number of hydrogen-bond acceptors (Lipinski definition) is 5. The molecule has 1 heterocycles. The Morgan fingerprint density at radius 3 is 2.92 bits per heavy atom. The Kier molecular flexibility index (Phi) is 5.11. The van der Waals surface area contributed by atoms with E-state index in [4.69, 9.17) is 10.5 Å². The van der Waals surface area contributed by atoms with Crippen molar-refractivity contribution in [2.24, 2.45) is 0 Å².